The molecule has 0 saturated carbocycles. The van der Waals surface area contributed by atoms with Crippen LogP contribution in [0.3, 0.4) is 0 Å². The molecule has 0 aliphatic carbocycles. The van der Waals surface area contributed by atoms with E-state index in [2.05, 4.69) is 28.3 Å². The number of halogens is 3. The van der Waals surface area contributed by atoms with Crippen LogP contribution in [0.1, 0.15) is 0 Å². The van der Waals surface area contributed by atoms with Gasteiger partial charge in [0.25, 0.3) is 0 Å². The van der Waals surface area contributed by atoms with Crippen molar-refractivity contribution in [3.8, 4) is 0 Å². The van der Waals surface area contributed by atoms with Crippen LogP contribution in [-0.4, -0.2) is 0 Å². The van der Waals surface area contributed by atoms with E-state index in [1.807, 2.05) is 0 Å². The molecule has 0 atom stereocenters. The van der Waals surface area contributed by atoms with Crippen molar-refractivity contribution >= 4 is 45.3 Å². The normalized spacial score (nSPS) is 5.50. The summed E-state index contributed by atoms with van der Waals surface area (Å²) in [6.45, 7) is 0. The van der Waals surface area contributed by atoms with E-state index in [0.717, 1.165) is 11.1 Å². The van der Waals surface area contributed by atoms with E-state index >= 15 is 0 Å². The van der Waals surface area contributed by atoms with E-state index in [0.29, 0.717) is 0 Å². The van der Waals surface area contributed by atoms with Crippen molar-refractivity contribution in [1.82, 2.24) is 0 Å². The maximum absolute atomic E-state index is 3.03. The third-order valence-corrected chi connectivity index (χ3v) is 0. The zero-order chi connectivity index (χ0) is 2.71. The minimum atomic E-state index is 0. The first-order valence-electron chi connectivity index (χ1n) is 0.252. The molecule has 4 heavy (non-hydrogen) atoms. The molecule has 0 aliphatic rings. The zero-order valence-corrected chi connectivity index (χ0v) is 7.42. The van der Waals surface area contributed by atoms with Gasteiger partial charge in [-0.2, -0.15) is 0 Å². The molecule has 0 amide bonds. The number of hydrogen-bond acceptors (Lipinski definition) is 0. The molecule has 0 saturated heterocycles. The Labute approximate surface area is 55.9 Å². The number of hydrogen-bond donors (Lipinski definition) is 0. The topological polar surface area (TPSA) is 0 Å². The first-order valence-corrected chi connectivity index (χ1v) is 5.40. The van der Waals surface area contributed by atoms with Crippen molar-refractivity contribution in [3.05, 3.63) is 0 Å². The minimum absolute atomic E-state index is 0. The van der Waals surface area contributed by atoms with Crippen molar-refractivity contribution < 1.29 is 11.1 Å². The van der Waals surface area contributed by atoms with E-state index in [9.17, 15) is 0 Å². The molecule has 0 fully saturated rings. The van der Waals surface area contributed by atoms with Crippen molar-refractivity contribution in [2.75, 3.05) is 0 Å². The summed E-state index contributed by atoms with van der Waals surface area (Å²) in [6.07, 6.45) is 0. The molecule has 0 heterocycles. The van der Waals surface area contributed by atoms with Gasteiger partial charge in [-0.3, -0.25) is 0 Å². The summed E-state index contributed by atoms with van der Waals surface area (Å²) < 4.78 is 0. The van der Waals surface area contributed by atoms with Crippen LogP contribution >= 0.6 is 45.3 Å². The third-order valence-electron chi connectivity index (χ3n) is 0. The fourth-order valence-corrected chi connectivity index (χ4v) is 0. The Morgan fingerprint density at radius 3 is 1.25 bits per heavy atom. The summed E-state index contributed by atoms with van der Waals surface area (Å²) in [4.78, 5) is 0. The molecule has 0 radical (unpaired) electrons. The second-order valence-electron chi connectivity index (χ2n) is 0.0476. The predicted molar refractivity (Wildman–Crippen MR) is 28.2 cm³/mol. The number of rotatable bonds is 0. The monoisotopic (exact) mass is 297 g/mol. The standard InChI is InChI=1S/3BrH.Co/h3*1H;/q;;;+2/p-2. The second kappa shape index (κ2) is 8.87. The molecule has 0 N–H and O–H groups in total. The summed E-state index contributed by atoms with van der Waals surface area (Å²) in [6, 6.07) is 0. The van der Waals surface area contributed by atoms with Crippen molar-refractivity contribution in [3.63, 3.8) is 0 Å². The zero-order valence-electron chi connectivity index (χ0n) is 1.50. The van der Waals surface area contributed by atoms with Gasteiger partial charge in [0.05, 0.1) is 0 Å². The van der Waals surface area contributed by atoms with Crippen LogP contribution in [-0.2, 0) is 11.1 Å². The molecule has 0 aliphatic heterocycles. The fraction of sp³-hybridized carbons (Fsp3) is 0. The van der Waals surface area contributed by atoms with Crippen LogP contribution in [0.5, 0.6) is 0 Å². The van der Waals surface area contributed by atoms with Gasteiger partial charge in [-0.25, -0.2) is 0 Å². The molecule has 4 heteroatoms. The van der Waals surface area contributed by atoms with Crippen LogP contribution in [0.25, 0.3) is 0 Å². The first kappa shape index (κ1) is 9.34. The van der Waals surface area contributed by atoms with E-state index in [-0.39, 0.29) is 17.0 Å². The van der Waals surface area contributed by atoms with E-state index in [1.54, 1.807) is 0 Å². The first-order chi connectivity index (χ1) is 1.41. The Kier molecular flexibility index (Phi) is 20.7. The summed E-state index contributed by atoms with van der Waals surface area (Å²) >= 11 is 7.12. The van der Waals surface area contributed by atoms with Crippen LogP contribution in [0, 0.1) is 0 Å². The third kappa shape index (κ3) is 9.04. The molecule has 0 bridgehead atoms. The molecule has 0 aromatic rings. The average molecular weight is 300 g/mol. The van der Waals surface area contributed by atoms with E-state index in [4.69, 9.17) is 0 Å². The second-order valence-corrected chi connectivity index (χ2v) is 5.30. The molecule has 0 aromatic carbocycles. The van der Waals surface area contributed by atoms with E-state index < -0.39 is 0 Å². The van der Waals surface area contributed by atoms with Gasteiger partial charge < -0.3 is 0 Å². The Morgan fingerprint density at radius 2 is 1.25 bits per heavy atom. The van der Waals surface area contributed by atoms with Crippen molar-refractivity contribution in [2.45, 2.75) is 0 Å². The van der Waals surface area contributed by atoms with Gasteiger partial charge in [0.15, 0.2) is 0 Å². The van der Waals surface area contributed by atoms with Gasteiger partial charge >= 0.3 is 39.5 Å². The molecule has 0 rings (SSSR count). The van der Waals surface area contributed by atoms with Gasteiger partial charge in [-0.15, -0.1) is 17.0 Å². The van der Waals surface area contributed by atoms with Gasteiger partial charge in [0.2, 0.25) is 0 Å². The molecular formula is HBr3Co. The molecule has 31 valence electrons. The molecule has 0 unspecified atom stereocenters. The predicted octanol–water partition coefficient (Wildman–Crippen LogP) is 2.27. The van der Waals surface area contributed by atoms with E-state index in [1.165, 1.54) is 0 Å². The Bertz CT molecular complexity index is 3.25. The van der Waals surface area contributed by atoms with Gasteiger partial charge in [0, 0.05) is 0 Å². The van der Waals surface area contributed by atoms with Gasteiger partial charge in [-0.1, -0.05) is 0 Å². The molecular weight excluding hydrogens is 299 g/mol. The molecule has 0 spiro atoms. The SMILES string of the molecule is Br.[Br][Co][Br]. The maximum atomic E-state index is 3.03. The summed E-state index contributed by atoms with van der Waals surface area (Å²) in [5, 5.41) is 0. The summed E-state index contributed by atoms with van der Waals surface area (Å²) in [5.41, 5.74) is 0. The summed E-state index contributed by atoms with van der Waals surface area (Å²) in [5.74, 6) is 0. The van der Waals surface area contributed by atoms with Gasteiger partial charge in [0.1, 0.15) is 0 Å². The van der Waals surface area contributed by atoms with Crippen LogP contribution in [0.2, 0.25) is 0 Å². The average Bonchev–Trinajstić information content (AvgIpc) is 0.918. The van der Waals surface area contributed by atoms with Gasteiger partial charge in [-0.05, 0) is 0 Å². The van der Waals surface area contributed by atoms with Crippen LogP contribution in [0.15, 0.2) is 0 Å². The fourth-order valence-electron chi connectivity index (χ4n) is 0. The quantitative estimate of drug-likeness (QED) is 0.644. The van der Waals surface area contributed by atoms with Crippen molar-refractivity contribution in [2.24, 2.45) is 0 Å². The molecule has 0 nitrogen and oxygen atoms in total. The Hall–Kier alpha value is 1.95. The summed E-state index contributed by atoms with van der Waals surface area (Å²) in [7, 11) is 0. The Balaban J connectivity index is 0. The molecule has 0 aromatic heterocycles. The Morgan fingerprint density at radius 1 is 1.25 bits per heavy atom. The van der Waals surface area contributed by atoms with Crippen LogP contribution < -0.4 is 0 Å². The van der Waals surface area contributed by atoms with Crippen molar-refractivity contribution in [1.29, 1.82) is 0 Å². The van der Waals surface area contributed by atoms with Crippen LogP contribution in [0.4, 0.5) is 0 Å².